The Morgan fingerprint density at radius 1 is 1.53 bits per heavy atom. The number of benzene rings is 1. The van der Waals surface area contributed by atoms with Crippen molar-refractivity contribution in [3.8, 4) is 0 Å². The lowest BCUT2D eigenvalue weighted by Gasteiger charge is -2.12. The summed E-state index contributed by atoms with van der Waals surface area (Å²) in [4.78, 5) is 15.2. The molecule has 5 nitrogen and oxygen atoms in total. The first-order valence-corrected chi connectivity index (χ1v) is 5.45. The van der Waals surface area contributed by atoms with Crippen LogP contribution >= 0.6 is 0 Å². The monoisotopic (exact) mass is 234 g/mol. The van der Waals surface area contributed by atoms with Crippen molar-refractivity contribution in [3.63, 3.8) is 0 Å². The van der Waals surface area contributed by atoms with E-state index >= 15 is 0 Å². The first-order chi connectivity index (χ1) is 8.15. The minimum Gasteiger partial charge on any atom is -0.478 e. The quantitative estimate of drug-likeness (QED) is 0.843. The molecule has 0 saturated carbocycles. The van der Waals surface area contributed by atoms with Crippen molar-refractivity contribution in [3.05, 3.63) is 30.1 Å². The molecule has 0 radical (unpaired) electrons. The van der Waals surface area contributed by atoms with Gasteiger partial charge in [-0.05, 0) is 25.5 Å². The van der Waals surface area contributed by atoms with Gasteiger partial charge in [0.15, 0.2) is 0 Å². The number of nitrogens with zero attached hydrogens (tertiary/aromatic N) is 2. The van der Waals surface area contributed by atoms with E-state index in [2.05, 4.69) is 4.98 Å². The van der Waals surface area contributed by atoms with Crippen molar-refractivity contribution in [2.45, 2.75) is 19.4 Å². The van der Waals surface area contributed by atoms with Gasteiger partial charge in [0, 0.05) is 12.6 Å². The molecule has 0 spiro atoms. The van der Waals surface area contributed by atoms with E-state index < -0.39 is 5.97 Å². The zero-order chi connectivity index (χ0) is 12.4. The van der Waals surface area contributed by atoms with Crippen molar-refractivity contribution in [2.24, 2.45) is 0 Å². The van der Waals surface area contributed by atoms with Crippen LogP contribution in [0.4, 0.5) is 0 Å². The molecule has 2 aromatic rings. The number of rotatable bonds is 4. The van der Waals surface area contributed by atoms with E-state index in [0.29, 0.717) is 11.9 Å². The molecule has 0 saturated heterocycles. The summed E-state index contributed by atoms with van der Waals surface area (Å²) in [5.41, 5.74) is 1.48. The first kappa shape index (κ1) is 11.6. The number of hydrogen-bond acceptors (Lipinski definition) is 3. The Balaban J connectivity index is 2.54. The van der Waals surface area contributed by atoms with E-state index in [9.17, 15) is 4.79 Å². The molecule has 0 bridgehead atoms. The second-order valence-electron chi connectivity index (χ2n) is 3.99. The Hall–Kier alpha value is -1.88. The van der Waals surface area contributed by atoms with E-state index in [1.54, 1.807) is 18.5 Å². The van der Waals surface area contributed by atoms with Crippen molar-refractivity contribution in [2.75, 3.05) is 6.61 Å². The largest absolute Gasteiger partial charge is 0.478 e. The van der Waals surface area contributed by atoms with Crippen LogP contribution in [0.15, 0.2) is 24.5 Å². The molecule has 0 aliphatic heterocycles. The van der Waals surface area contributed by atoms with Gasteiger partial charge in [-0.15, -0.1) is 0 Å². The lowest BCUT2D eigenvalue weighted by Crippen LogP contribution is -2.05. The number of aromatic nitrogens is 2. The Morgan fingerprint density at radius 2 is 2.29 bits per heavy atom. The first-order valence-electron chi connectivity index (χ1n) is 5.45. The highest BCUT2D eigenvalue weighted by atomic mass is 16.4. The van der Waals surface area contributed by atoms with Crippen LogP contribution in [0.1, 0.15) is 29.7 Å². The number of aliphatic hydroxyl groups excluding tert-OH is 1. The molecule has 1 unspecified atom stereocenters. The maximum absolute atomic E-state index is 11.0. The van der Waals surface area contributed by atoms with Gasteiger partial charge in [0.1, 0.15) is 5.52 Å². The number of hydrogen-bond donors (Lipinski definition) is 2. The summed E-state index contributed by atoms with van der Waals surface area (Å²) in [5.74, 6) is -0.976. The van der Waals surface area contributed by atoms with E-state index in [1.165, 1.54) is 0 Å². The van der Waals surface area contributed by atoms with Crippen LogP contribution in [0, 0.1) is 0 Å². The minimum absolute atomic E-state index is 0.0917. The predicted octanol–water partition coefficient (Wildman–Crippen LogP) is 1.68. The molecule has 1 heterocycles. The molecule has 5 heteroatoms. The number of carboxylic acids is 1. The summed E-state index contributed by atoms with van der Waals surface area (Å²) in [7, 11) is 0. The lowest BCUT2D eigenvalue weighted by molar-refractivity contribution is 0.0699. The van der Waals surface area contributed by atoms with Crippen molar-refractivity contribution >= 4 is 17.0 Å². The minimum atomic E-state index is -0.976. The normalized spacial score (nSPS) is 12.8. The highest BCUT2D eigenvalue weighted by Gasteiger charge is 2.14. The number of fused-ring (bicyclic) bond motifs is 1. The maximum atomic E-state index is 11.0. The molecular weight excluding hydrogens is 220 g/mol. The maximum Gasteiger partial charge on any atom is 0.337 e. The molecule has 1 atom stereocenters. The van der Waals surface area contributed by atoms with Gasteiger partial charge in [0.25, 0.3) is 0 Å². The molecule has 2 N–H and O–H groups in total. The van der Waals surface area contributed by atoms with Crippen LogP contribution in [0.3, 0.4) is 0 Å². The van der Waals surface area contributed by atoms with Gasteiger partial charge in [-0.25, -0.2) is 9.78 Å². The Labute approximate surface area is 98.3 Å². The van der Waals surface area contributed by atoms with Crippen LogP contribution in [0.2, 0.25) is 0 Å². The van der Waals surface area contributed by atoms with Gasteiger partial charge >= 0.3 is 5.97 Å². The van der Waals surface area contributed by atoms with E-state index in [-0.39, 0.29) is 18.2 Å². The average molecular weight is 234 g/mol. The second-order valence-corrected chi connectivity index (χ2v) is 3.99. The number of aromatic carboxylic acids is 1. The third-order valence-electron chi connectivity index (χ3n) is 2.86. The van der Waals surface area contributed by atoms with Crippen molar-refractivity contribution < 1.29 is 15.0 Å². The smallest absolute Gasteiger partial charge is 0.337 e. The number of aliphatic hydroxyl groups is 1. The van der Waals surface area contributed by atoms with E-state index in [0.717, 1.165) is 5.52 Å². The molecule has 0 amide bonds. The second kappa shape index (κ2) is 4.55. The highest BCUT2D eigenvalue weighted by Crippen LogP contribution is 2.22. The standard InChI is InChI=1S/C12H14N2O3/c1-8(5-6-15)14-7-13-11-9(12(16)17)3-2-4-10(11)14/h2-4,7-8,15H,5-6H2,1H3,(H,16,17). The van der Waals surface area contributed by atoms with Gasteiger partial charge in [0.05, 0.1) is 17.4 Å². The van der Waals surface area contributed by atoms with Crippen LogP contribution < -0.4 is 0 Å². The summed E-state index contributed by atoms with van der Waals surface area (Å²) in [6.45, 7) is 2.06. The molecule has 2 rings (SSSR count). The molecule has 0 aliphatic carbocycles. The summed E-state index contributed by atoms with van der Waals surface area (Å²) in [6.07, 6.45) is 2.24. The molecule has 1 aromatic carbocycles. The average Bonchev–Trinajstić information content (AvgIpc) is 2.72. The summed E-state index contributed by atoms with van der Waals surface area (Å²) in [6, 6.07) is 5.17. The molecular formula is C12H14N2O3. The predicted molar refractivity (Wildman–Crippen MR) is 63.1 cm³/mol. The van der Waals surface area contributed by atoms with E-state index in [1.807, 2.05) is 17.6 Å². The Morgan fingerprint density at radius 3 is 2.94 bits per heavy atom. The Bertz CT molecular complexity index is 548. The van der Waals surface area contributed by atoms with Crippen molar-refractivity contribution in [1.29, 1.82) is 0 Å². The zero-order valence-corrected chi connectivity index (χ0v) is 9.50. The Kier molecular flexibility index (Phi) is 3.10. The lowest BCUT2D eigenvalue weighted by atomic mass is 10.1. The van der Waals surface area contributed by atoms with Crippen LogP contribution in [-0.4, -0.2) is 32.3 Å². The summed E-state index contributed by atoms with van der Waals surface area (Å²) >= 11 is 0. The van der Waals surface area contributed by atoms with E-state index in [4.69, 9.17) is 10.2 Å². The third kappa shape index (κ3) is 2.01. The molecule has 0 aliphatic rings. The molecule has 17 heavy (non-hydrogen) atoms. The fraction of sp³-hybridized carbons (Fsp3) is 0.333. The van der Waals surface area contributed by atoms with Crippen LogP contribution in [-0.2, 0) is 0 Å². The van der Waals surface area contributed by atoms with Crippen LogP contribution in [0.5, 0.6) is 0 Å². The van der Waals surface area contributed by atoms with Gasteiger partial charge in [-0.3, -0.25) is 0 Å². The highest BCUT2D eigenvalue weighted by molar-refractivity contribution is 6.00. The van der Waals surface area contributed by atoms with Gasteiger partial charge < -0.3 is 14.8 Å². The number of imidazole rings is 1. The van der Waals surface area contributed by atoms with Gasteiger partial charge in [-0.1, -0.05) is 6.07 Å². The van der Waals surface area contributed by atoms with Gasteiger partial charge in [0.2, 0.25) is 0 Å². The number of carbonyl (C=O) groups is 1. The van der Waals surface area contributed by atoms with Crippen molar-refractivity contribution in [1.82, 2.24) is 9.55 Å². The third-order valence-corrected chi connectivity index (χ3v) is 2.86. The van der Waals surface area contributed by atoms with Crippen LogP contribution in [0.25, 0.3) is 11.0 Å². The fourth-order valence-electron chi connectivity index (χ4n) is 1.91. The summed E-state index contributed by atoms with van der Waals surface area (Å²) in [5, 5.41) is 18.0. The zero-order valence-electron chi connectivity index (χ0n) is 9.50. The molecule has 0 fully saturated rings. The fourth-order valence-corrected chi connectivity index (χ4v) is 1.91. The molecule has 1 aromatic heterocycles. The number of carboxylic acid groups (broad SMARTS) is 1. The number of para-hydroxylation sites is 1. The topological polar surface area (TPSA) is 75.3 Å². The van der Waals surface area contributed by atoms with Gasteiger partial charge in [-0.2, -0.15) is 0 Å². The summed E-state index contributed by atoms with van der Waals surface area (Å²) < 4.78 is 1.89. The molecule has 90 valence electrons. The SMILES string of the molecule is CC(CCO)n1cnc2c(C(=O)O)cccc21.